The Hall–Kier alpha value is -1.67. The molecule has 0 spiro atoms. The molecule has 2 aromatic heterocycles. The molecule has 1 unspecified atom stereocenters. The highest BCUT2D eigenvalue weighted by atomic mass is 32.1. The summed E-state index contributed by atoms with van der Waals surface area (Å²) in [6.07, 6.45) is 1.65. The van der Waals surface area contributed by atoms with Crippen molar-refractivity contribution in [3.05, 3.63) is 31.3 Å². The summed E-state index contributed by atoms with van der Waals surface area (Å²) in [5.74, 6) is -0.414. The molecule has 6 nitrogen and oxygen atoms in total. The molecule has 0 radical (unpaired) electrons. The molecule has 1 aliphatic carbocycles. The van der Waals surface area contributed by atoms with Crippen molar-refractivity contribution in [1.29, 1.82) is 0 Å². The Morgan fingerprint density at radius 1 is 1.62 bits per heavy atom. The number of carbonyl (C=O) groups is 1. The van der Waals surface area contributed by atoms with E-state index in [0.29, 0.717) is 13.2 Å². The lowest BCUT2D eigenvalue weighted by Gasteiger charge is -2.07. The van der Waals surface area contributed by atoms with Gasteiger partial charge in [0, 0.05) is 16.0 Å². The van der Waals surface area contributed by atoms with Crippen LogP contribution in [-0.4, -0.2) is 22.5 Å². The molecule has 112 valence electrons. The molecule has 3 rings (SSSR count). The monoisotopic (exact) mass is 325 g/mol. The van der Waals surface area contributed by atoms with E-state index < -0.39 is 0 Å². The molecular weight excluding hydrogens is 310 g/mol. The van der Waals surface area contributed by atoms with E-state index in [1.54, 1.807) is 16.7 Å². The smallest absolute Gasteiger partial charge is 0.315 e. The fourth-order valence-corrected chi connectivity index (χ4v) is 3.96. The fraction of sp³-hybridized carbons (Fsp3) is 0.462. The number of aromatic amines is 1. The van der Waals surface area contributed by atoms with Crippen LogP contribution in [0.3, 0.4) is 0 Å². The van der Waals surface area contributed by atoms with Crippen LogP contribution in [0.5, 0.6) is 0 Å². The average Bonchev–Trinajstić information content (AvgIpc) is 3.11. The summed E-state index contributed by atoms with van der Waals surface area (Å²) in [5, 5.41) is 5.76. The molecule has 2 heterocycles. The maximum Gasteiger partial charge on any atom is 0.315 e. The number of nitrogens with zero attached hydrogens (tertiary/aromatic N) is 1. The first-order valence-corrected chi connectivity index (χ1v) is 8.43. The lowest BCUT2D eigenvalue weighted by atomic mass is 10.1. The van der Waals surface area contributed by atoms with Crippen molar-refractivity contribution in [3.63, 3.8) is 0 Å². The second kappa shape index (κ2) is 5.98. The standard InChI is InChI=1S/C13H15N3O3S2/c1-2-19-11(17)8-3-4-9-10(8)16-12(21-9)14-5-7-6-20-13(18)15-7/h6,8H,2-5H2,1H3,(H,14,16)(H,15,18). The first-order chi connectivity index (χ1) is 10.2. The normalized spacial score (nSPS) is 16.7. The summed E-state index contributed by atoms with van der Waals surface area (Å²) in [6, 6.07) is 0. The molecule has 0 fully saturated rings. The van der Waals surface area contributed by atoms with E-state index in [-0.39, 0.29) is 16.8 Å². The van der Waals surface area contributed by atoms with E-state index in [2.05, 4.69) is 15.3 Å². The molecule has 0 aliphatic heterocycles. The number of H-pyrrole nitrogens is 1. The number of aryl methyl sites for hydroxylation is 1. The molecular formula is C13H15N3O3S2. The Morgan fingerprint density at radius 3 is 3.19 bits per heavy atom. The Labute approximate surface area is 129 Å². The zero-order chi connectivity index (χ0) is 14.8. The molecule has 0 amide bonds. The molecule has 0 saturated carbocycles. The minimum atomic E-state index is -0.229. The third-order valence-electron chi connectivity index (χ3n) is 3.29. The van der Waals surface area contributed by atoms with Gasteiger partial charge in [0.2, 0.25) is 0 Å². The molecule has 2 N–H and O–H groups in total. The van der Waals surface area contributed by atoms with E-state index in [1.807, 2.05) is 6.92 Å². The molecule has 0 saturated heterocycles. The SMILES string of the molecule is CCOC(=O)C1CCc2sc(NCc3csc(=O)[nH]3)nc21. The van der Waals surface area contributed by atoms with E-state index in [9.17, 15) is 9.59 Å². The number of thiazole rings is 2. The minimum Gasteiger partial charge on any atom is -0.465 e. The molecule has 0 bridgehead atoms. The molecule has 1 aliphatic rings. The van der Waals surface area contributed by atoms with Crippen molar-refractivity contribution >= 4 is 33.8 Å². The highest BCUT2D eigenvalue weighted by Gasteiger charge is 2.33. The maximum atomic E-state index is 11.9. The molecule has 21 heavy (non-hydrogen) atoms. The summed E-state index contributed by atoms with van der Waals surface area (Å²) >= 11 is 2.71. The van der Waals surface area contributed by atoms with E-state index in [0.717, 1.165) is 45.6 Å². The van der Waals surface area contributed by atoms with Gasteiger partial charge in [0.1, 0.15) is 5.92 Å². The minimum absolute atomic E-state index is 0.0594. The Balaban J connectivity index is 1.68. The Kier molecular flexibility index (Phi) is 4.07. The van der Waals surface area contributed by atoms with Crippen molar-refractivity contribution < 1.29 is 9.53 Å². The van der Waals surface area contributed by atoms with Crippen LogP contribution < -0.4 is 10.2 Å². The zero-order valence-electron chi connectivity index (χ0n) is 11.5. The Bertz CT molecular complexity index is 704. The van der Waals surface area contributed by atoms with Gasteiger partial charge < -0.3 is 15.0 Å². The van der Waals surface area contributed by atoms with Gasteiger partial charge in [-0.1, -0.05) is 11.3 Å². The van der Waals surface area contributed by atoms with Gasteiger partial charge in [-0.25, -0.2) is 4.98 Å². The van der Waals surface area contributed by atoms with Crippen LogP contribution in [0.1, 0.15) is 35.5 Å². The van der Waals surface area contributed by atoms with Crippen LogP contribution >= 0.6 is 22.7 Å². The number of carbonyl (C=O) groups excluding carboxylic acids is 1. The number of hydrogen-bond donors (Lipinski definition) is 2. The predicted octanol–water partition coefficient (Wildman–Crippen LogP) is 2.10. The van der Waals surface area contributed by atoms with Crippen molar-refractivity contribution in [2.45, 2.75) is 32.2 Å². The highest BCUT2D eigenvalue weighted by molar-refractivity contribution is 7.15. The average molecular weight is 325 g/mol. The van der Waals surface area contributed by atoms with Crippen LogP contribution in [0.25, 0.3) is 0 Å². The molecule has 8 heteroatoms. The lowest BCUT2D eigenvalue weighted by Crippen LogP contribution is -2.14. The Morgan fingerprint density at radius 2 is 2.48 bits per heavy atom. The summed E-state index contributed by atoms with van der Waals surface area (Å²) < 4.78 is 5.09. The van der Waals surface area contributed by atoms with Gasteiger partial charge in [0.05, 0.1) is 18.8 Å². The number of anilines is 1. The number of rotatable bonds is 5. The summed E-state index contributed by atoms with van der Waals surface area (Å²) in [5.41, 5.74) is 1.68. The molecule has 1 atom stereocenters. The van der Waals surface area contributed by atoms with Gasteiger partial charge in [0.15, 0.2) is 5.13 Å². The van der Waals surface area contributed by atoms with Crippen molar-refractivity contribution in [3.8, 4) is 0 Å². The highest BCUT2D eigenvalue weighted by Crippen LogP contribution is 2.38. The first kappa shape index (κ1) is 14.3. The predicted molar refractivity (Wildman–Crippen MR) is 82.1 cm³/mol. The number of nitrogens with one attached hydrogen (secondary N) is 2. The van der Waals surface area contributed by atoms with E-state index in [4.69, 9.17) is 4.74 Å². The fourth-order valence-electron chi connectivity index (χ4n) is 2.35. The van der Waals surface area contributed by atoms with Crippen molar-refractivity contribution in [2.75, 3.05) is 11.9 Å². The van der Waals surface area contributed by atoms with Gasteiger partial charge in [-0.2, -0.15) is 0 Å². The topological polar surface area (TPSA) is 84.1 Å². The quantitative estimate of drug-likeness (QED) is 0.823. The summed E-state index contributed by atoms with van der Waals surface area (Å²) in [7, 11) is 0. The van der Waals surface area contributed by atoms with Gasteiger partial charge in [-0.15, -0.1) is 11.3 Å². The van der Waals surface area contributed by atoms with Crippen LogP contribution in [0.4, 0.5) is 5.13 Å². The van der Waals surface area contributed by atoms with Crippen LogP contribution in [-0.2, 0) is 22.5 Å². The van der Waals surface area contributed by atoms with Gasteiger partial charge in [0.25, 0.3) is 0 Å². The molecule has 2 aromatic rings. The van der Waals surface area contributed by atoms with Crippen molar-refractivity contribution in [1.82, 2.24) is 9.97 Å². The van der Waals surface area contributed by atoms with Gasteiger partial charge in [-0.3, -0.25) is 9.59 Å². The van der Waals surface area contributed by atoms with Crippen LogP contribution in [0.2, 0.25) is 0 Å². The number of hydrogen-bond acceptors (Lipinski definition) is 7. The number of esters is 1. The van der Waals surface area contributed by atoms with Gasteiger partial charge in [-0.05, 0) is 19.8 Å². The summed E-state index contributed by atoms with van der Waals surface area (Å²) in [6.45, 7) is 2.73. The lowest BCUT2D eigenvalue weighted by molar-refractivity contribution is -0.145. The van der Waals surface area contributed by atoms with E-state index >= 15 is 0 Å². The zero-order valence-corrected chi connectivity index (χ0v) is 13.1. The maximum absolute atomic E-state index is 11.9. The number of ether oxygens (including phenoxy) is 1. The van der Waals surface area contributed by atoms with Crippen molar-refractivity contribution in [2.24, 2.45) is 0 Å². The summed E-state index contributed by atoms with van der Waals surface area (Å²) in [4.78, 5) is 31.3. The second-order valence-electron chi connectivity index (χ2n) is 4.70. The third kappa shape index (κ3) is 3.01. The first-order valence-electron chi connectivity index (χ1n) is 6.74. The van der Waals surface area contributed by atoms with Gasteiger partial charge >= 0.3 is 10.8 Å². The van der Waals surface area contributed by atoms with E-state index in [1.165, 1.54) is 0 Å². The molecule has 0 aromatic carbocycles. The largest absolute Gasteiger partial charge is 0.465 e. The number of fused-ring (bicyclic) bond motifs is 1. The number of aromatic nitrogens is 2. The van der Waals surface area contributed by atoms with Crippen LogP contribution in [0.15, 0.2) is 10.2 Å². The van der Waals surface area contributed by atoms with Crippen LogP contribution in [0, 0.1) is 0 Å². The third-order valence-corrected chi connectivity index (χ3v) is 5.10. The second-order valence-corrected chi connectivity index (χ2v) is 6.62.